The maximum absolute atomic E-state index is 9.10. The standard InChI is InChI=1S/C21H28N2O.C2H2O4/c1-2-5-18(6-3-1)19-8-10-20(11-9-19)23-14-12-22(13-15-23)17-21-7-4-16-24-21;3-1(4)2(5)6/h1-7,16,19-20H,8-15,17H2;(H,3,4)(H,5,6). The zero-order valence-corrected chi connectivity index (χ0v) is 17.2. The Kier molecular flexibility index (Phi) is 8.04. The zero-order valence-electron chi connectivity index (χ0n) is 17.2. The molecule has 0 atom stereocenters. The van der Waals surface area contributed by atoms with Gasteiger partial charge in [-0.3, -0.25) is 9.80 Å². The van der Waals surface area contributed by atoms with Gasteiger partial charge in [0, 0.05) is 32.2 Å². The molecule has 2 aromatic rings. The van der Waals surface area contributed by atoms with Crippen LogP contribution >= 0.6 is 0 Å². The number of rotatable bonds is 4. The SMILES string of the molecule is O=C(O)C(=O)O.c1ccc(C2CCC(N3CCN(Cc4ccco4)CC3)CC2)cc1. The molecule has 2 N–H and O–H groups in total. The number of benzene rings is 1. The Morgan fingerprint density at radius 1 is 0.867 bits per heavy atom. The molecule has 2 fully saturated rings. The van der Waals surface area contributed by atoms with Crippen molar-refractivity contribution in [2.24, 2.45) is 0 Å². The lowest BCUT2D eigenvalue weighted by molar-refractivity contribution is -0.159. The summed E-state index contributed by atoms with van der Waals surface area (Å²) in [5, 5.41) is 14.8. The first-order valence-electron chi connectivity index (χ1n) is 10.5. The highest BCUT2D eigenvalue weighted by atomic mass is 16.4. The van der Waals surface area contributed by atoms with Crippen LogP contribution in [0.3, 0.4) is 0 Å². The lowest BCUT2D eigenvalue weighted by Gasteiger charge is -2.42. The summed E-state index contributed by atoms with van der Waals surface area (Å²) in [6, 6.07) is 16.0. The molecule has 0 unspecified atom stereocenters. The summed E-state index contributed by atoms with van der Waals surface area (Å²) in [6.07, 6.45) is 7.19. The molecule has 0 bridgehead atoms. The quantitative estimate of drug-likeness (QED) is 0.742. The summed E-state index contributed by atoms with van der Waals surface area (Å²) >= 11 is 0. The normalized spacial score (nSPS) is 22.7. The fraction of sp³-hybridized carbons (Fsp3) is 0.478. The first-order chi connectivity index (χ1) is 14.5. The second-order valence-electron chi connectivity index (χ2n) is 7.92. The molecule has 1 aliphatic heterocycles. The molecule has 1 saturated heterocycles. The average Bonchev–Trinajstić information content (AvgIpc) is 3.28. The molecule has 2 aliphatic rings. The summed E-state index contributed by atoms with van der Waals surface area (Å²) in [4.78, 5) is 23.5. The van der Waals surface area contributed by atoms with Gasteiger partial charge in [0.1, 0.15) is 5.76 Å². The molecule has 1 aliphatic carbocycles. The fourth-order valence-electron chi connectivity index (χ4n) is 4.41. The molecule has 1 aromatic heterocycles. The van der Waals surface area contributed by atoms with Crippen LogP contribution in [0.25, 0.3) is 0 Å². The Balaban J connectivity index is 0.000000377. The van der Waals surface area contributed by atoms with Crippen LogP contribution in [-0.4, -0.2) is 64.2 Å². The van der Waals surface area contributed by atoms with Gasteiger partial charge in [0.15, 0.2) is 0 Å². The number of piperazine rings is 1. The number of carboxylic acids is 2. The van der Waals surface area contributed by atoms with E-state index in [1.54, 1.807) is 11.8 Å². The number of hydrogen-bond donors (Lipinski definition) is 2. The van der Waals surface area contributed by atoms with Gasteiger partial charge in [0.2, 0.25) is 0 Å². The number of carboxylic acid groups (broad SMARTS) is 2. The van der Waals surface area contributed by atoms with Crippen LogP contribution in [0.5, 0.6) is 0 Å². The highest BCUT2D eigenvalue weighted by Crippen LogP contribution is 2.34. The monoisotopic (exact) mass is 414 g/mol. The molecular formula is C23H30N2O5. The second kappa shape index (κ2) is 10.9. The molecule has 1 aromatic carbocycles. The van der Waals surface area contributed by atoms with Crippen molar-refractivity contribution in [2.45, 2.75) is 44.2 Å². The number of nitrogens with zero attached hydrogens (tertiary/aromatic N) is 2. The minimum absolute atomic E-state index is 0.780. The number of furan rings is 1. The Bertz CT molecular complexity index is 765. The van der Waals surface area contributed by atoms with Gasteiger partial charge in [-0.1, -0.05) is 30.3 Å². The minimum Gasteiger partial charge on any atom is -0.473 e. The number of aliphatic carboxylic acids is 2. The third kappa shape index (κ3) is 6.43. The van der Waals surface area contributed by atoms with Gasteiger partial charge < -0.3 is 14.6 Å². The maximum Gasteiger partial charge on any atom is 0.414 e. The van der Waals surface area contributed by atoms with Crippen molar-refractivity contribution < 1.29 is 24.2 Å². The van der Waals surface area contributed by atoms with Crippen LogP contribution in [0.4, 0.5) is 0 Å². The van der Waals surface area contributed by atoms with Gasteiger partial charge in [-0.25, -0.2) is 9.59 Å². The molecule has 2 heterocycles. The highest BCUT2D eigenvalue weighted by Gasteiger charge is 2.28. The van der Waals surface area contributed by atoms with E-state index in [-0.39, 0.29) is 0 Å². The van der Waals surface area contributed by atoms with Crippen molar-refractivity contribution in [1.29, 1.82) is 0 Å². The summed E-state index contributed by atoms with van der Waals surface area (Å²) in [6.45, 7) is 5.71. The van der Waals surface area contributed by atoms with Crippen LogP contribution in [-0.2, 0) is 16.1 Å². The Morgan fingerprint density at radius 3 is 2.03 bits per heavy atom. The van der Waals surface area contributed by atoms with Crippen LogP contribution in [0.2, 0.25) is 0 Å². The lowest BCUT2D eigenvalue weighted by atomic mass is 9.81. The largest absolute Gasteiger partial charge is 0.473 e. The van der Waals surface area contributed by atoms with Gasteiger partial charge in [-0.2, -0.15) is 0 Å². The van der Waals surface area contributed by atoms with E-state index in [0.29, 0.717) is 0 Å². The predicted octanol–water partition coefficient (Wildman–Crippen LogP) is 3.28. The minimum atomic E-state index is -1.82. The fourth-order valence-corrected chi connectivity index (χ4v) is 4.41. The van der Waals surface area contributed by atoms with Crippen molar-refractivity contribution in [3.05, 3.63) is 60.1 Å². The van der Waals surface area contributed by atoms with E-state index in [4.69, 9.17) is 24.2 Å². The number of hydrogen-bond acceptors (Lipinski definition) is 5. The highest BCUT2D eigenvalue weighted by molar-refractivity contribution is 6.27. The Hall–Kier alpha value is -2.64. The molecule has 0 radical (unpaired) electrons. The second-order valence-corrected chi connectivity index (χ2v) is 7.92. The molecule has 30 heavy (non-hydrogen) atoms. The van der Waals surface area contributed by atoms with Crippen molar-refractivity contribution in [1.82, 2.24) is 9.80 Å². The summed E-state index contributed by atoms with van der Waals surface area (Å²) in [7, 11) is 0. The third-order valence-electron chi connectivity index (χ3n) is 6.03. The van der Waals surface area contributed by atoms with Crippen molar-refractivity contribution in [3.8, 4) is 0 Å². The lowest BCUT2D eigenvalue weighted by Crippen LogP contribution is -2.50. The van der Waals surface area contributed by atoms with Gasteiger partial charge in [-0.15, -0.1) is 0 Å². The molecule has 7 nitrogen and oxygen atoms in total. The van der Waals surface area contributed by atoms with Gasteiger partial charge in [0.05, 0.1) is 12.8 Å². The molecule has 4 rings (SSSR count). The van der Waals surface area contributed by atoms with Crippen LogP contribution in [0.1, 0.15) is 42.9 Å². The van der Waals surface area contributed by atoms with Gasteiger partial charge in [0.25, 0.3) is 0 Å². The van der Waals surface area contributed by atoms with E-state index >= 15 is 0 Å². The van der Waals surface area contributed by atoms with E-state index in [1.807, 2.05) is 6.07 Å². The summed E-state index contributed by atoms with van der Waals surface area (Å²) < 4.78 is 5.48. The van der Waals surface area contributed by atoms with E-state index in [0.717, 1.165) is 24.3 Å². The third-order valence-corrected chi connectivity index (χ3v) is 6.03. The van der Waals surface area contributed by atoms with E-state index in [1.165, 1.54) is 51.9 Å². The summed E-state index contributed by atoms with van der Waals surface area (Å²) in [5.74, 6) is -1.78. The first kappa shape index (κ1) is 22.1. The molecule has 0 spiro atoms. The predicted molar refractivity (Wildman–Crippen MR) is 112 cm³/mol. The Labute approximate surface area is 176 Å². The molecule has 0 amide bonds. The van der Waals surface area contributed by atoms with E-state index < -0.39 is 11.9 Å². The van der Waals surface area contributed by atoms with Crippen LogP contribution in [0, 0.1) is 0 Å². The molecule has 1 saturated carbocycles. The van der Waals surface area contributed by atoms with Crippen molar-refractivity contribution >= 4 is 11.9 Å². The van der Waals surface area contributed by atoms with E-state index in [9.17, 15) is 0 Å². The van der Waals surface area contributed by atoms with E-state index in [2.05, 4.69) is 46.2 Å². The van der Waals surface area contributed by atoms with Gasteiger partial charge in [-0.05, 0) is 49.3 Å². The molecular weight excluding hydrogens is 384 g/mol. The number of carbonyl (C=O) groups is 2. The van der Waals surface area contributed by atoms with Gasteiger partial charge >= 0.3 is 11.9 Å². The topological polar surface area (TPSA) is 94.2 Å². The van der Waals surface area contributed by atoms with Crippen molar-refractivity contribution in [3.63, 3.8) is 0 Å². The van der Waals surface area contributed by atoms with Crippen LogP contribution < -0.4 is 0 Å². The van der Waals surface area contributed by atoms with Crippen LogP contribution in [0.15, 0.2) is 53.1 Å². The van der Waals surface area contributed by atoms with Crippen molar-refractivity contribution in [2.75, 3.05) is 26.2 Å². The maximum atomic E-state index is 9.10. The Morgan fingerprint density at radius 2 is 1.50 bits per heavy atom. The molecule has 162 valence electrons. The average molecular weight is 415 g/mol. The summed E-state index contributed by atoms with van der Waals surface area (Å²) in [5.41, 5.74) is 1.54. The zero-order chi connectivity index (χ0) is 21.3. The molecule has 7 heteroatoms. The smallest absolute Gasteiger partial charge is 0.414 e. The first-order valence-corrected chi connectivity index (χ1v) is 10.5.